The molecule has 1 heterocycles. The Kier molecular flexibility index (Phi) is 2.83. The Hall–Kier alpha value is -1.20. The van der Waals surface area contributed by atoms with E-state index < -0.39 is 0 Å². The van der Waals surface area contributed by atoms with Crippen molar-refractivity contribution in [2.24, 2.45) is 0 Å². The number of nitro groups is 1. The SMILES string of the molecule is O=[N+]([O-])C1=CC=CCC1N1CC[C@@H](O)C1. The molecule has 5 nitrogen and oxygen atoms in total. The summed E-state index contributed by atoms with van der Waals surface area (Å²) in [4.78, 5) is 12.5. The van der Waals surface area contributed by atoms with Crippen molar-refractivity contribution in [2.45, 2.75) is 25.0 Å². The molecule has 0 saturated carbocycles. The molecule has 1 N–H and O–H groups in total. The van der Waals surface area contributed by atoms with Gasteiger partial charge in [0.2, 0.25) is 0 Å². The molecule has 1 saturated heterocycles. The van der Waals surface area contributed by atoms with Crippen LogP contribution in [-0.2, 0) is 0 Å². The monoisotopic (exact) mass is 210 g/mol. The predicted octanol–water partition coefficient (Wildman–Crippen LogP) is 0.542. The Bertz CT molecular complexity index is 325. The summed E-state index contributed by atoms with van der Waals surface area (Å²) < 4.78 is 0. The summed E-state index contributed by atoms with van der Waals surface area (Å²) in [5.74, 6) is 0. The third-order valence-electron chi connectivity index (χ3n) is 2.95. The van der Waals surface area contributed by atoms with E-state index in [1.807, 2.05) is 11.0 Å². The lowest BCUT2D eigenvalue weighted by Gasteiger charge is -2.25. The maximum absolute atomic E-state index is 10.8. The molecule has 82 valence electrons. The molecular weight excluding hydrogens is 196 g/mol. The molecule has 2 rings (SSSR count). The van der Waals surface area contributed by atoms with Crippen molar-refractivity contribution < 1.29 is 10.0 Å². The highest BCUT2D eigenvalue weighted by Crippen LogP contribution is 2.23. The number of nitrogens with zero attached hydrogens (tertiary/aromatic N) is 2. The van der Waals surface area contributed by atoms with Gasteiger partial charge >= 0.3 is 0 Å². The van der Waals surface area contributed by atoms with Crippen LogP contribution in [0.4, 0.5) is 0 Å². The van der Waals surface area contributed by atoms with Gasteiger partial charge in [0.1, 0.15) is 6.04 Å². The molecule has 1 aliphatic heterocycles. The van der Waals surface area contributed by atoms with E-state index >= 15 is 0 Å². The second-order valence-corrected chi connectivity index (χ2v) is 3.97. The van der Waals surface area contributed by atoms with Crippen LogP contribution in [0.1, 0.15) is 12.8 Å². The van der Waals surface area contributed by atoms with Gasteiger partial charge in [0.25, 0.3) is 5.70 Å². The standard InChI is InChI=1S/C10H14N2O3/c13-8-5-6-11(7-8)9-3-1-2-4-10(9)12(14)15/h1-2,4,8-9,13H,3,5-7H2/t8-,9?/m1/s1. The molecule has 0 aromatic carbocycles. The average molecular weight is 210 g/mol. The van der Waals surface area contributed by atoms with Crippen LogP contribution in [0.2, 0.25) is 0 Å². The Balaban J connectivity index is 2.11. The minimum Gasteiger partial charge on any atom is -0.392 e. The van der Waals surface area contributed by atoms with Crippen LogP contribution in [0.5, 0.6) is 0 Å². The zero-order chi connectivity index (χ0) is 10.8. The van der Waals surface area contributed by atoms with E-state index in [2.05, 4.69) is 0 Å². The fourth-order valence-corrected chi connectivity index (χ4v) is 2.18. The van der Waals surface area contributed by atoms with Crippen molar-refractivity contribution in [3.63, 3.8) is 0 Å². The number of hydrogen-bond acceptors (Lipinski definition) is 4. The van der Waals surface area contributed by atoms with E-state index in [0.29, 0.717) is 19.4 Å². The summed E-state index contributed by atoms with van der Waals surface area (Å²) >= 11 is 0. The average Bonchev–Trinajstić information content (AvgIpc) is 2.65. The first kappa shape index (κ1) is 10.3. The van der Waals surface area contributed by atoms with Crippen LogP contribution in [0.3, 0.4) is 0 Å². The first-order valence-corrected chi connectivity index (χ1v) is 5.11. The topological polar surface area (TPSA) is 66.6 Å². The van der Waals surface area contributed by atoms with Gasteiger partial charge in [0.15, 0.2) is 0 Å². The second-order valence-electron chi connectivity index (χ2n) is 3.97. The molecule has 5 heteroatoms. The van der Waals surface area contributed by atoms with Crippen LogP contribution in [-0.4, -0.2) is 40.2 Å². The van der Waals surface area contributed by atoms with E-state index in [1.165, 1.54) is 0 Å². The van der Waals surface area contributed by atoms with E-state index in [4.69, 9.17) is 0 Å². The van der Waals surface area contributed by atoms with Crippen molar-refractivity contribution >= 4 is 0 Å². The summed E-state index contributed by atoms with van der Waals surface area (Å²) in [6.07, 6.45) is 6.26. The zero-order valence-electron chi connectivity index (χ0n) is 8.37. The lowest BCUT2D eigenvalue weighted by Crippen LogP contribution is -2.38. The summed E-state index contributed by atoms with van der Waals surface area (Å²) in [6.45, 7) is 1.29. The molecular formula is C10H14N2O3. The van der Waals surface area contributed by atoms with Crippen molar-refractivity contribution in [1.82, 2.24) is 4.90 Å². The van der Waals surface area contributed by atoms with Gasteiger partial charge in [-0.3, -0.25) is 15.0 Å². The molecule has 0 radical (unpaired) electrons. The van der Waals surface area contributed by atoms with Crippen molar-refractivity contribution in [3.05, 3.63) is 34.0 Å². The first-order chi connectivity index (χ1) is 7.18. The number of rotatable bonds is 2. The molecule has 0 bridgehead atoms. The van der Waals surface area contributed by atoms with Gasteiger partial charge in [-0.2, -0.15) is 0 Å². The molecule has 2 aliphatic rings. The van der Waals surface area contributed by atoms with Gasteiger partial charge in [-0.05, 0) is 12.8 Å². The maximum atomic E-state index is 10.8. The normalized spacial score (nSPS) is 31.7. The van der Waals surface area contributed by atoms with E-state index in [1.54, 1.807) is 12.2 Å². The lowest BCUT2D eigenvalue weighted by atomic mass is 10.0. The number of likely N-dealkylation sites (tertiary alicyclic amines) is 1. The number of allylic oxidation sites excluding steroid dienone is 2. The molecule has 0 aromatic heterocycles. The van der Waals surface area contributed by atoms with Crippen molar-refractivity contribution in [1.29, 1.82) is 0 Å². The molecule has 1 fully saturated rings. The van der Waals surface area contributed by atoms with Crippen molar-refractivity contribution in [2.75, 3.05) is 13.1 Å². The van der Waals surface area contributed by atoms with Gasteiger partial charge in [0, 0.05) is 19.2 Å². The Labute approximate surface area is 87.8 Å². The predicted molar refractivity (Wildman–Crippen MR) is 54.8 cm³/mol. The molecule has 0 aromatic rings. The maximum Gasteiger partial charge on any atom is 0.263 e. The fourth-order valence-electron chi connectivity index (χ4n) is 2.18. The molecule has 1 unspecified atom stereocenters. The van der Waals surface area contributed by atoms with E-state index in [9.17, 15) is 15.2 Å². The summed E-state index contributed by atoms with van der Waals surface area (Å²) in [5, 5.41) is 20.2. The molecule has 0 amide bonds. The number of hydrogen-bond donors (Lipinski definition) is 1. The number of aliphatic hydroxyl groups excluding tert-OH is 1. The summed E-state index contributed by atoms with van der Waals surface area (Å²) in [6, 6.07) is -0.165. The van der Waals surface area contributed by atoms with Gasteiger partial charge in [0.05, 0.1) is 11.0 Å². The van der Waals surface area contributed by atoms with Crippen LogP contribution in [0.15, 0.2) is 23.9 Å². The van der Waals surface area contributed by atoms with Gasteiger partial charge in [-0.25, -0.2) is 0 Å². The van der Waals surface area contributed by atoms with Crippen LogP contribution >= 0.6 is 0 Å². The zero-order valence-corrected chi connectivity index (χ0v) is 8.37. The highest BCUT2D eigenvalue weighted by molar-refractivity contribution is 5.19. The Morgan fingerprint density at radius 1 is 1.60 bits per heavy atom. The van der Waals surface area contributed by atoms with Crippen LogP contribution < -0.4 is 0 Å². The summed E-state index contributed by atoms with van der Waals surface area (Å²) in [5.41, 5.74) is 0.242. The third kappa shape index (κ3) is 2.08. The van der Waals surface area contributed by atoms with Crippen LogP contribution in [0.25, 0.3) is 0 Å². The van der Waals surface area contributed by atoms with E-state index in [-0.39, 0.29) is 22.8 Å². The molecule has 15 heavy (non-hydrogen) atoms. The van der Waals surface area contributed by atoms with Gasteiger partial charge in [-0.15, -0.1) is 0 Å². The largest absolute Gasteiger partial charge is 0.392 e. The Morgan fingerprint density at radius 3 is 3.00 bits per heavy atom. The summed E-state index contributed by atoms with van der Waals surface area (Å²) in [7, 11) is 0. The smallest absolute Gasteiger partial charge is 0.263 e. The number of β-amino-alcohol motifs (C(OH)–C–C–N with tert-alkyl or cyclic N) is 1. The van der Waals surface area contributed by atoms with Gasteiger partial charge < -0.3 is 5.11 Å². The third-order valence-corrected chi connectivity index (χ3v) is 2.95. The van der Waals surface area contributed by atoms with Gasteiger partial charge in [-0.1, -0.05) is 12.2 Å². The highest BCUT2D eigenvalue weighted by atomic mass is 16.6. The molecule has 2 atom stereocenters. The molecule has 1 aliphatic carbocycles. The number of aliphatic hydroxyl groups is 1. The minimum atomic E-state index is -0.330. The quantitative estimate of drug-likeness (QED) is 0.533. The lowest BCUT2D eigenvalue weighted by molar-refractivity contribution is -0.433. The molecule has 0 spiro atoms. The first-order valence-electron chi connectivity index (χ1n) is 5.11. The second kappa shape index (κ2) is 4.12. The van der Waals surface area contributed by atoms with E-state index in [0.717, 1.165) is 6.54 Å². The Morgan fingerprint density at radius 2 is 2.40 bits per heavy atom. The van der Waals surface area contributed by atoms with Crippen molar-refractivity contribution in [3.8, 4) is 0 Å². The fraction of sp³-hybridized carbons (Fsp3) is 0.600. The van der Waals surface area contributed by atoms with Crippen LogP contribution in [0, 0.1) is 10.1 Å². The minimum absolute atomic E-state index is 0.165. The highest BCUT2D eigenvalue weighted by Gasteiger charge is 2.34.